The summed E-state index contributed by atoms with van der Waals surface area (Å²) in [4.78, 5) is 2.62. The summed E-state index contributed by atoms with van der Waals surface area (Å²) in [5.74, 6) is 1.83. The van der Waals surface area contributed by atoms with Gasteiger partial charge in [-0.3, -0.25) is 0 Å². The van der Waals surface area contributed by atoms with E-state index in [-0.39, 0.29) is 0 Å². The fourth-order valence-electron chi connectivity index (χ4n) is 2.94. The van der Waals surface area contributed by atoms with E-state index in [0.717, 1.165) is 24.0 Å². The zero-order valence-corrected chi connectivity index (χ0v) is 13.6. The highest BCUT2D eigenvalue weighted by molar-refractivity contribution is 5.45. The number of anilines is 1. The number of nitrogens with zero attached hydrogens (tertiary/aromatic N) is 1. The summed E-state index contributed by atoms with van der Waals surface area (Å²) in [6.45, 7) is 6.96. The molecule has 0 amide bonds. The standard InChI is InChI=1S/C18H30N2O/c1-3-4-12-20-13-9-16(10-14-20)11-15-21-18-7-5-17(19-2)6-8-18/h5-8,16,19H,3-4,9-15H2,1-2H3. The SMILES string of the molecule is CCCCN1CCC(CCOc2ccc(NC)cc2)CC1. The number of ether oxygens (including phenoxy) is 1. The van der Waals surface area contributed by atoms with Crippen molar-refractivity contribution in [3.63, 3.8) is 0 Å². The first-order chi connectivity index (χ1) is 10.3. The molecule has 21 heavy (non-hydrogen) atoms. The summed E-state index contributed by atoms with van der Waals surface area (Å²) >= 11 is 0. The zero-order valence-electron chi connectivity index (χ0n) is 13.6. The molecule has 0 atom stereocenters. The molecule has 0 radical (unpaired) electrons. The van der Waals surface area contributed by atoms with Gasteiger partial charge in [-0.1, -0.05) is 13.3 Å². The van der Waals surface area contributed by atoms with Gasteiger partial charge >= 0.3 is 0 Å². The highest BCUT2D eigenvalue weighted by atomic mass is 16.5. The average Bonchev–Trinajstić information content (AvgIpc) is 2.55. The van der Waals surface area contributed by atoms with Crippen LogP contribution in [0.2, 0.25) is 0 Å². The maximum Gasteiger partial charge on any atom is 0.119 e. The number of likely N-dealkylation sites (tertiary alicyclic amines) is 1. The first-order valence-electron chi connectivity index (χ1n) is 8.44. The Hall–Kier alpha value is -1.22. The quantitative estimate of drug-likeness (QED) is 0.783. The van der Waals surface area contributed by atoms with Crippen LogP contribution in [-0.4, -0.2) is 38.2 Å². The van der Waals surface area contributed by atoms with E-state index in [4.69, 9.17) is 4.74 Å². The van der Waals surface area contributed by atoms with Crippen LogP contribution in [0.15, 0.2) is 24.3 Å². The van der Waals surface area contributed by atoms with Crippen molar-refractivity contribution in [1.82, 2.24) is 4.90 Å². The van der Waals surface area contributed by atoms with Gasteiger partial charge in [0.05, 0.1) is 6.61 Å². The molecule has 1 heterocycles. The second-order valence-electron chi connectivity index (χ2n) is 6.05. The molecule has 3 nitrogen and oxygen atoms in total. The van der Waals surface area contributed by atoms with Crippen LogP contribution in [0.5, 0.6) is 5.75 Å². The van der Waals surface area contributed by atoms with Crippen molar-refractivity contribution in [2.75, 3.05) is 38.6 Å². The van der Waals surface area contributed by atoms with E-state index >= 15 is 0 Å². The molecule has 1 fully saturated rings. The van der Waals surface area contributed by atoms with Gasteiger partial charge in [-0.15, -0.1) is 0 Å². The van der Waals surface area contributed by atoms with E-state index in [9.17, 15) is 0 Å². The Bertz CT molecular complexity index is 383. The minimum absolute atomic E-state index is 0.846. The third-order valence-electron chi connectivity index (χ3n) is 4.47. The third-order valence-corrected chi connectivity index (χ3v) is 4.47. The van der Waals surface area contributed by atoms with Gasteiger partial charge in [0.15, 0.2) is 0 Å². The Morgan fingerprint density at radius 3 is 2.52 bits per heavy atom. The third kappa shape index (κ3) is 5.58. The molecule has 1 aliphatic rings. The van der Waals surface area contributed by atoms with Crippen molar-refractivity contribution in [2.45, 2.75) is 39.0 Å². The molecular weight excluding hydrogens is 260 g/mol. The lowest BCUT2D eigenvalue weighted by atomic mass is 9.94. The highest BCUT2D eigenvalue weighted by Crippen LogP contribution is 2.22. The van der Waals surface area contributed by atoms with E-state index in [0.29, 0.717) is 0 Å². The van der Waals surface area contributed by atoms with Gasteiger partial charge in [0, 0.05) is 12.7 Å². The van der Waals surface area contributed by atoms with Crippen LogP contribution in [-0.2, 0) is 0 Å². The molecule has 0 saturated carbocycles. The van der Waals surface area contributed by atoms with Crippen molar-refractivity contribution in [1.29, 1.82) is 0 Å². The van der Waals surface area contributed by atoms with Crippen molar-refractivity contribution in [2.24, 2.45) is 5.92 Å². The minimum Gasteiger partial charge on any atom is -0.494 e. The molecule has 1 aromatic rings. The van der Waals surface area contributed by atoms with Gasteiger partial charge < -0.3 is 15.0 Å². The normalized spacial score (nSPS) is 16.9. The fraction of sp³-hybridized carbons (Fsp3) is 0.667. The maximum atomic E-state index is 5.86. The van der Waals surface area contributed by atoms with Crippen LogP contribution >= 0.6 is 0 Å². The smallest absolute Gasteiger partial charge is 0.119 e. The average molecular weight is 290 g/mol. The van der Waals surface area contributed by atoms with Gasteiger partial charge in [0.2, 0.25) is 0 Å². The number of hydrogen-bond donors (Lipinski definition) is 1. The fourth-order valence-corrected chi connectivity index (χ4v) is 2.94. The molecular formula is C18H30N2O. The molecule has 0 aromatic heterocycles. The van der Waals surface area contributed by atoms with E-state index in [1.165, 1.54) is 51.7 Å². The number of hydrogen-bond acceptors (Lipinski definition) is 3. The Morgan fingerprint density at radius 1 is 1.19 bits per heavy atom. The molecule has 0 aliphatic carbocycles. The lowest BCUT2D eigenvalue weighted by Gasteiger charge is -2.31. The van der Waals surface area contributed by atoms with Crippen LogP contribution in [0.25, 0.3) is 0 Å². The van der Waals surface area contributed by atoms with Gasteiger partial charge in [0.1, 0.15) is 5.75 Å². The number of unbranched alkanes of at least 4 members (excludes halogenated alkanes) is 1. The van der Waals surface area contributed by atoms with E-state index in [1.807, 2.05) is 19.2 Å². The van der Waals surface area contributed by atoms with Crippen LogP contribution in [0.1, 0.15) is 39.0 Å². The molecule has 0 spiro atoms. The van der Waals surface area contributed by atoms with Crippen LogP contribution in [0, 0.1) is 5.92 Å². The first kappa shape index (κ1) is 16.2. The van der Waals surface area contributed by atoms with Gasteiger partial charge in [0.25, 0.3) is 0 Å². The van der Waals surface area contributed by atoms with Crippen LogP contribution in [0.4, 0.5) is 5.69 Å². The molecule has 0 bridgehead atoms. The molecule has 0 unspecified atom stereocenters. The molecule has 3 heteroatoms. The van der Waals surface area contributed by atoms with E-state index in [1.54, 1.807) is 0 Å². The summed E-state index contributed by atoms with van der Waals surface area (Å²) in [5.41, 5.74) is 1.13. The highest BCUT2D eigenvalue weighted by Gasteiger charge is 2.18. The van der Waals surface area contributed by atoms with Crippen molar-refractivity contribution < 1.29 is 4.74 Å². The second-order valence-corrected chi connectivity index (χ2v) is 6.05. The summed E-state index contributed by atoms with van der Waals surface area (Å²) in [6.07, 6.45) is 6.52. The predicted molar refractivity (Wildman–Crippen MR) is 90.2 cm³/mol. The Morgan fingerprint density at radius 2 is 1.90 bits per heavy atom. The molecule has 1 aliphatic heterocycles. The molecule has 1 aromatic carbocycles. The number of benzene rings is 1. The van der Waals surface area contributed by atoms with Gasteiger partial charge in [-0.2, -0.15) is 0 Å². The lowest BCUT2D eigenvalue weighted by molar-refractivity contribution is 0.162. The Balaban J connectivity index is 1.61. The monoisotopic (exact) mass is 290 g/mol. The molecule has 2 rings (SSSR count). The minimum atomic E-state index is 0.846. The molecule has 118 valence electrons. The summed E-state index contributed by atoms with van der Waals surface area (Å²) in [7, 11) is 1.93. The van der Waals surface area contributed by atoms with Crippen molar-refractivity contribution in [3.8, 4) is 5.75 Å². The number of nitrogens with one attached hydrogen (secondary N) is 1. The topological polar surface area (TPSA) is 24.5 Å². The largest absolute Gasteiger partial charge is 0.494 e. The van der Waals surface area contributed by atoms with Crippen LogP contribution in [0.3, 0.4) is 0 Å². The zero-order chi connectivity index (χ0) is 14.9. The van der Waals surface area contributed by atoms with E-state index in [2.05, 4.69) is 29.3 Å². The van der Waals surface area contributed by atoms with Gasteiger partial charge in [-0.05, 0) is 75.5 Å². The molecule has 1 N–H and O–H groups in total. The summed E-state index contributed by atoms with van der Waals surface area (Å²) in [5, 5.41) is 3.12. The predicted octanol–water partition coefficient (Wildman–Crippen LogP) is 4.01. The van der Waals surface area contributed by atoms with E-state index < -0.39 is 0 Å². The van der Waals surface area contributed by atoms with Gasteiger partial charge in [-0.25, -0.2) is 0 Å². The van der Waals surface area contributed by atoms with Crippen LogP contribution < -0.4 is 10.1 Å². The number of piperidine rings is 1. The van der Waals surface area contributed by atoms with Crippen molar-refractivity contribution in [3.05, 3.63) is 24.3 Å². The lowest BCUT2D eigenvalue weighted by Crippen LogP contribution is -2.34. The molecule has 1 saturated heterocycles. The first-order valence-corrected chi connectivity index (χ1v) is 8.44. The van der Waals surface area contributed by atoms with Crippen molar-refractivity contribution >= 4 is 5.69 Å². The summed E-state index contributed by atoms with van der Waals surface area (Å²) in [6, 6.07) is 8.20. The Kier molecular flexibility index (Phi) is 6.87. The number of rotatable bonds is 8. The maximum absolute atomic E-state index is 5.86. The summed E-state index contributed by atoms with van der Waals surface area (Å²) < 4.78 is 5.86. The second kappa shape index (κ2) is 8.93. The Labute approximate surface area is 129 Å².